The van der Waals surface area contributed by atoms with E-state index in [1.54, 1.807) is 0 Å². The van der Waals surface area contributed by atoms with Gasteiger partial charge in [0.25, 0.3) is 0 Å². The van der Waals surface area contributed by atoms with E-state index in [1.165, 1.54) is 5.56 Å². The molecule has 0 saturated heterocycles. The number of azide groups is 1. The maximum Gasteiger partial charge on any atom is 0.0824 e. The summed E-state index contributed by atoms with van der Waals surface area (Å²) >= 11 is 3.49. The summed E-state index contributed by atoms with van der Waals surface area (Å²) in [7, 11) is 0. The molecule has 0 amide bonds. The van der Waals surface area contributed by atoms with E-state index in [9.17, 15) is 5.26 Å². The number of aryl methyl sites for hydroxylation is 1. The number of hydrogen-bond acceptors (Lipinski definition) is 2. The minimum Gasteiger partial charge on any atom is -0.197 e. The van der Waals surface area contributed by atoms with Crippen molar-refractivity contribution in [1.29, 1.82) is 5.26 Å². The van der Waals surface area contributed by atoms with E-state index < -0.39 is 0 Å². The summed E-state index contributed by atoms with van der Waals surface area (Å²) in [5, 5.41) is 12.7. The standard InChI is InChI=1S/C13H13BrN4/c14-12-7-10(2-1-5-17-18-16)6-11(8-12)13(9-15)3-4-13/h6-8H,1-5H2. The minimum atomic E-state index is -0.247. The molecule has 1 fully saturated rings. The Morgan fingerprint density at radius 2 is 2.22 bits per heavy atom. The lowest BCUT2D eigenvalue weighted by molar-refractivity contribution is 0.820. The molecule has 0 N–H and O–H groups in total. The number of halogens is 1. The lowest BCUT2D eigenvalue weighted by Gasteiger charge is -2.10. The zero-order valence-corrected chi connectivity index (χ0v) is 11.5. The van der Waals surface area contributed by atoms with Gasteiger partial charge in [-0.3, -0.25) is 0 Å². The number of benzene rings is 1. The largest absolute Gasteiger partial charge is 0.197 e. The van der Waals surface area contributed by atoms with Gasteiger partial charge in [-0.1, -0.05) is 27.1 Å². The van der Waals surface area contributed by atoms with Gasteiger partial charge in [0.1, 0.15) is 0 Å². The molecule has 18 heavy (non-hydrogen) atoms. The highest BCUT2D eigenvalue weighted by atomic mass is 79.9. The third-order valence-electron chi connectivity index (χ3n) is 3.26. The molecule has 0 unspecified atom stereocenters. The van der Waals surface area contributed by atoms with Gasteiger partial charge in [-0.25, -0.2) is 0 Å². The summed E-state index contributed by atoms with van der Waals surface area (Å²) in [5.41, 5.74) is 10.3. The van der Waals surface area contributed by atoms with E-state index in [-0.39, 0.29) is 5.41 Å². The molecule has 0 heterocycles. The first kappa shape index (κ1) is 12.9. The van der Waals surface area contributed by atoms with E-state index >= 15 is 0 Å². The van der Waals surface area contributed by atoms with Crippen molar-refractivity contribution in [3.8, 4) is 6.07 Å². The van der Waals surface area contributed by atoms with Crippen LogP contribution in [0.4, 0.5) is 0 Å². The Morgan fingerprint density at radius 3 is 2.83 bits per heavy atom. The molecule has 0 bridgehead atoms. The first-order valence-corrected chi connectivity index (χ1v) is 6.71. The lowest BCUT2D eigenvalue weighted by atomic mass is 9.95. The van der Waals surface area contributed by atoms with Crippen molar-refractivity contribution >= 4 is 15.9 Å². The van der Waals surface area contributed by atoms with Crippen LogP contribution in [0.3, 0.4) is 0 Å². The van der Waals surface area contributed by atoms with Crippen molar-refractivity contribution in [3.63, 3.8) is 0 Å². The predicted molar refractivity (Wildman–Crippen MR) is 73.0 cm³/mol. The number of hydrogen-bond donors (Lipinski definition) is 0. The molecule has 0 aliphatic heterocycles. The smallest absolute Gasteiger partial charge is 0.0824 e. The van der Waals surface area contributed by atoms with Gasteiger partial charge in [-0.15, -0.1) is 0 Å². The van der Waals surface area contributed by atoms with Crippen LogP contribution in [0.1, 0.15) is 30.4 Å². The monoisotopic (exact) mass is 304 g/mol. The maximum absolute atomic E-state index is 9.22. The highest BCUT2D eigenvalue weighted by Crippen LogP contribution is 2.48. The fraction of sp³-hybridized carbons (Fsp3) is 0.462. The van der Waals surface area contributed by atoms with Gasteiger partial charge in [0.05, 0.1) is 11.5 Å². The molecule has 1 aromatic rings. The summed E-state index contributed by atoms with van der Waals surface area (Å²) in [5.74, 6) is 0. The van der Waals surface area contributed by atoms with E-state index in [4.69, 9.17) is 5.53 Å². The Morgan fingerprint density at radius 1 is 1.44 bits per heavy atom. The fourth-order valence-corrected chi connectivity index (χ4v) is 2.60. The normalized spacial score (nSPS) is 15.6. The summed E-state index contributed by atoms with van der Waals surface area (Å²) in [6, 6.07) is 8.62. The predicted octanol–water partition coefficient (Wildman–Crippen LogP) is 4.25. The summed E-state index contributed by atoms with van der Waals surface area (Å²) in [6.45, 7) is 0.516. The molecule has 1 aromatic carbocycles. The molecule has 1 aliphatic rings. The van der Waals surface area contributed by atoms with E-state index in [1.807, 2.05) is 6.07 Å². The van der Waals surface area contributed by atoms with Crippen LogP contribution < -0.4 is 0 Å². The Labute approximate surface area is 114 Å². The molecular formula is C13H13BrN4. The van der Waals surface area contributed by atoms with Crippen molar-refractivity contribution < 1.29 is 0 Å². The Bertz CT molecular complexity index is 536. The van der Waals surface area contributed by atoms with Gasteiger partial charge in [0.15, 0.2) is 0 Å². The molecule has 2 rings (SSSR count). The zero-order valence-electron chi connectivity index (χ0n) is 9.93. The van der Waals surface area contributed by atoms with Crippen molar-refractivity contribution in [2.75, 3.05) is 6.54 Å². The number of nitrogens with zero attached hydrogens (tertiary/aromatic N) is 4. The Kier molecular flexibility index (Phi) is 3.90. The second-order valence-corrected chi connectivity index (χ2v) is 5.52. The van der Waals surface area contributed by atoms with Crippen molar-refractivity contribution in [2.24, 2.45) is 5.11 Å². The molecular weight excluding hydrogens is 292 g/mol. The topological polar surface area (TPSA) is 72.5 Å². The molecule has 0 radical (unpaired) electrons. The van der Waals surface area contributed by atoms with Crippen LogP contribution in [-0.2, 0) is 11.8 Å². The number of rotatable bonds is 5. The number of nitriles is 1. The molecule has 5 heteroatoms. The van der Waals surface area contributed by atoms with Gasteiger partial charge < -0.3 is 0 Å². The maximum atomic E-state index is 9.22. The van der Waals surface area contributed by atoms with Crippen molar-refractivity contribution in [3.05, 3.63) is 44.2 Å². The Hall–Kier alpha value is -1.50. The van der Waals surface area contributed by atoms with Crippen LogP contribution in [0.2, 0.25) is 0 Å². The van der Waals surface area contributed by atoms with Gasteiger partial charge in [-0.2, -0.15) is 5.26 Å². The highest BCUT2D eigenvalue weighted by Gasteiger charge is 2.45. The van der Waals surface area contributed by atoms with E-state index in [0.29, 0.717) is 6.54 Å². The third kappa shape index (κ3) is 2.84. The van der Waals surface area contributed by atoms with E-state index in [0.717, 1.165) is 35.7 Å². The minimum absolute atomic E-state index is 0.247. The first-order chi connectivity index (χ1) is 8.70. The van der Waals surface area contributed by atoms with Crippen LogP contribution >= 0.6 is 15.9 Å². The van der Waals surface area contributed by atoms with Crippen LogP contribution in [0.25, 0.3) is 10.4 Å². The fourth-order valence-electron chi connectivity index (χ4n) is 2.06. The molecule has 0 atom stereocenters. The average Bonchev–Trinajstić information content (AvgIpc) is 3.15. The molecule has 1 saturated carbocycles. The van der Waals surface area contributed by atoms with Crippen LogP contribution in [0.5, 0.6) is 0 Å². The van der Waals surface area contributed by atoms with Crippen molar-refractivity contribution in [2.45, 2.75) is 31.1 Å². The van der Waals surface area contributed by atoms with Crippen LogP contribution in [-0.4, -0.2) is 6.54 Å². The quantitative estimate of drug-likeness (QED) is 0.347. The second kappa shape index (κ2) is 5.43. The molecule has 92 valence electrons. The summed E-state index contributed by atoms with van der Waals surface area (Å²) in [4.78, 5) is 2.74. The third-order valence-corrected chi connectivity index (χ3v) is 3.72. The molecule has 4 nitrogen and oxygen atoms in total. The van der Waals surface area contributed by atoms with Gasteiger partial charge in [-0.05, 0) is 54.5 Å². The van der Waals surface area contributed by atoms with E-state index in [2.05, 4.69) is 44.2 Å². The van der Waals surface area contributed by atoms with Gasteiger partial charge in [0.2, 0.25) is 0 Å². The SMILES string of the molecule is N#CC1(c2cc(Br)cc(CCCN=[N+]=[N-])c2)CC1. The molecule has 0 spiro atoms. The highest BCUT2D eigenvalue weighted by molar-refractivity contribution is 9.10. The second-order valence-electron chi connectivity index (χ2n) is 4.60. The summed E-state index contributed by atoms with van der Waals surface area (Å²) in [6.07, 6.45) is 3.61. The first-order valence-electron chi connectivity index (χ1n) is 5.92. The van der Waals surface area contributed by atoms with Crippen LogP contribution in [0.15, 0.2) is 27.8 Å². The van der Waals surface area contributed by atoms with Gasteiger partial charge in [0, 0.05) is 15.9 Å². The molecule has 1 aliphatic carbocycles. The Balaban J connectivity index is 2.12. The average molecular weight is 305 g/mol. The lowest BCUT2D eigenvalue weighted by Crippen LogP contribution is -2.03. The molecule has 0 aromatic heterocycles. The van der Waals surface area contributed by atoms with Crippen molar-refractivity contribution in [1.82, 2.24) is 0 Å². The summed E-state index contributed by atoms with van der Waals surface area (Å²) < 4.78 is 1.01. The van der Waals surface area contributed by atoms with Crippen LogP contribution in [0, 0.1) is 11.3 Å². The van der Waals surface area contributed by atoms with Gasteiger partial charge >= 0.3 is 0 Å². The zero-order chi connectivity index (χ0) is 13.0.